The van der Waals surface area contributed by atoms with Crippen LogP contribution >= 0.6 is 15.9 Å². The Bertz CT molecular complexity index is 321. The molecule has 0 aromatic heterocycles. The molecule has 0 amide bonds. The average Bonchev–Trinajstić information content (AvgIpc) is 2.30. The molecule has 0 saturated carbocycles. The summed E-state index contributed by atoms with van der Waals surface area (Å²) in [6, 6.07) is 8.40. The summed E-state index contributed by atoms with van der Waals surface area (Å²) in [6.45, 7) is 2.18. The number of nitrogens with one attached hydrogen (secondary N) is 1. The van der Waals surface area contributed by atoms with Gasteiger partial charge in [0.05, 0.1) is 0 Å². The van der Waals surface area contributed by atoms with Gasteiger partial charge in [-0.2, -0.15) is 0 Å². The number of rotatable bonds is 2. The zero-order valence-electron chi connectivity index (χ0n) is 8.75. The molecule has 15 heavy (non-hydrogen) atoms. The summed E-state index contributed by atoms with van der Waals surface area (Å²) in [5, 5.41) is 3.41. The van der Waals surface area contributed by atoms with Crippen molar-refractivity contribution in [1.82, 2.24) is 5.32 Å². The number of halogens is 1. The zero-order chi connectivity index (χ0) is 10.7. The third-order valence-corrected chi connectivity index (χ3v) is 3.83. The lowest BCUT2D eigenvalue weighted by atomic mass is 9.88. The number of hydrogen-bond acceptors (Lipinski definition) is 2. The summed E-state index contributed by atoms with van der Waals surface area (Å²) in [7, 11) is 0. The van der Waals surface area contributed by atoms with Crippen LogP contribution in [-0.2, 0) is 0 Å². The number of benzene rings is 1. The molecule has 0 spiro atoms. The third-order valence-electron chi connectivity index (χ3n) is 3.11. The highest BCUT2D eigenvalue weighted by Gasteiger charge is 2.22. The topological polar surface area (TPSA) is 38.0 Å². The van der Waals surface area contributed by atoms with E-state index in [-0.39, 0.29) is 6.04 Å². The Morgan fingerprint density at radius 2 is 2.20 bits per heavy atom. The molecular formula is C12H17BrN2. The minimum absolute atomic E-state index is 0.147. The van der Waals surface area contributed by atoms with E-state index in [2.05, 4.69) is 39.4 Å². The molecule has 2 rings (SSSR count). The Morgan fingerprint density at radius 1 is 1.40 bits per heavy atom. The normalized spacial score (nSPS) is 23.7. The van der Waals surface area contributed by atoms with Gasteiger partial charge in [-0.3, -0.25) is 0 Å². The monoisotopic (exact) mass is 268 g/mol. The molecule has 1 fully saturated rings. The van der Waals surface area contributed by atoms with Crippen molar-refractivity contribution in [3.63, 3.8) is 0 Å². The standard InChI is InChI=1S/C12H17BrN2/c13-11-6-2-1-5-10(11)12(14)9-4-3-7-15-8-9/h1-2,5-6,9,12,15H,3-4,7-8,14H2. The van der Waals surface area contributed by atoms with Gasteiger partial charge in [0, 0.05) is 10.5 Å². The molecule has 1 saturated heterocycles. The SMILES string of the molecule is NC(c1ccccc1Br)C1CCCNC1. The molecule has 2 atom stereocenters. The second kappa shape index (κ2) is 5.10. The van der Waals surface area contributed by atoms with Gasteiger partial charge in [-0.05, 0) is 43.5 Å². The second-order valence-electron chi connectivity index (χ2n) is 4.15. The summed E-state index contributed by atoms with van der Waals surface area (Å²) in [5.74, 6) is 0.567. The second-order valence-corrected chi connectivity index (χ2v) is 5.01. The van der Waals surface area contributed by atoms with E-state index in [1.807, 2.05) is 6.07 Å². The molecular weight excluding hydrogens is 252 g/mol. The first kappa shape index (κ1) is 11.1. The van der Waals surface area contributed by atoms with Crippen molar-refractivity contribution in [2.45, 2.75) is 18.9 Å². The first-order valence-corrected chi connectivity index (χ1v) is 6.29. The fourth-order valence-electron chi connectivity index (χ4n) is 2.18. The van der Waals surface area contributed by atoms with Crippen molar-refractivity contribution in [1.29, 1.82) is 0 Å². The van der Waals surface area contributed by atoms with Gasteiger partial charge in [0.15, 0.2) is 0 Å². The molecule has 0 bridgehead atoms. The number of piperidine rings is 1. The number of nitrogens with two attached hydrogens (primary N) is 1. The van der Waals surface area contributed by atoms with Crippen LogP contribution in [-0.4, -0.2) is 13.1 Å². The van der Waals surface area contributed by atoms with Crippen LogP contribution in [0.25, 0.3) is 0 Å². The molecule has 0 aliphatic carbocycles. The molecule has 1 aromatic carbocycles. The predicted molar refractivity (Wildman–Crippen MR) is 66.7 cm³/mol. The molecule has 1 aromatic rings. The predicted octanol–water partition coefficient (Wildman–Crippen LogP) is 2.45. The molecule has 82 valence electrons. The Labute approximate surface area is 99.4 Å². The van der Waals surface area contributed by atoms with Crippen molar-refractivity contribution < 1.29 is 0 Å². The first-order valence-electron chi connectivity index (χ1n) is 5.50. The molecule has 2 nitrogen and oxygen atoms in total. The zero-order valence-corrected chi connectivity index (χ0v) is 10.3. The van der Waals surface area contributed by atoms with Crippen molar-refractivity contribution >= 4 is 15.9 Å². The Balaban J connectivity index is 2.12. The Kier molecular flexibility index (Phi) is 3.78. The molecule has 1 aliphatic rings. The van der Waals surface area contributed by atoms with Gasteiger partial charge in [-0.15, -0.1) is 0 Å². The van der Waals surface area contributed by atoms with Crippen molar-refractivity contribution in [3.05, 3.63) is 34.3 Å². The van der Waals surface area contributed by atoms with Gasteiger partial charge < -0.3 is 11.1 Å². The lowest BCUT2D eigenvalue weighted by Gasteiger charge is -2.29. The van der Waals surface area contributed by atoms with Crippen molar-refractivity contribution in [2.24, 2.45) is 11.7 Å². The maximum atomic E-state index is 6.30. The summed E-state index contributed by atoms with van der Waals surface area (Å²) < 4.78 is 1.13. The van der Waals surface area contributed by atoms with Crippen molar-refractivity contribution in [2.75, 3.05) is 13.1 Å². The molecule has 1 aliphatic heterocycles. The van der Waals surface area contributed by atoms with Crippen molar-refractivity contribution in [3.8, 4) is 0 Å². The lowest BCUT2D eigenvalue weighted by molar-refractivity contribution is 0.326. The van der Waals surface area contributed by atoms with Gasteiger partial charge >= 0.3 is 0 Å². The fourth-order valence-corrected chi connectivity index (χ4v) is 2.73. The van der Waals surface area contributed by atoms with E-state index in [4.69, 9.17) is 5.73 Å². The molecule has 3 heteroatoms. The first-order chi connectivity index (χ1) is 7.29. The molecule has 3 N–H and O–H groups in total. The lowest BCUT2D eigenvalue weighted by Crippen LogP contribution is -2.36. The van der Waals surface area contributed by atoms with Crippen LogP contribution in [0.3, 0.4) is 0 Å². The van der Waals surface area contributed by atoms with Gasteiger partial charge in [0.25, 0.3) is 0 Å². The fraction of sp³-hybridized carbons (Fsp3) is 0.500. The van der Waals surface area contributed by atoms with Crippen LogP contribution in [0.15, 0.2) is 28.7 Å². The van der Waals surface area contributed by atoms with E-state index in [0.717, 1.165) is 17.6 Å². The minimum Gasteiger partial charge on any atom is -0.324 e. The van der Waals surface area contributed by atoms with E-state index >= 15 is 0 Å². The highest BCUT2D eigenvalue weighted by atomic mass is 79.9. The van der Waals surface area contributed by atoms with Crippen LogP contribution in [0, 0.1) is 5.92 Å². The maximum absolute atomic E-state index is 6.30. The summed E-state index contributed by atoms with van der Waals surface area (Å²) in [4.78, 5) is 0. The third kappa shape index (κ3) is 2.60. The van der Waals surface area contributed by atoms with Crippen LogP contribution in [0.2, 0.25) is 0 Å². The average molecular weight is 269 g/mol. The summed E-state index contributed by atoms with van der Waals surface area (Å²) in [6.07, 6.45) is 2.47. The van der Waals surface area contributed by atoms with Gasteiger partial charge in [0.2, 0.25) is 0 Å². The largest absolute Gasteiger partial charge is 0.324 e. The van der Waals surface area contributed by atoms with E-state index in [1.165, 1.54) is 18.4 Å². The van der Waals surface area contributed by atoms with Crippen LogP contribution in [0.4, 0.5) is 0 Å². The molecule has 1 heterocycles. The maximum Gasteiger partial charge on any atom is 0.0346 e. The van der Waals surface area contributed by atoms with E-state index < -0.39 is 0 Å². The smallest absolute Gasteiger partial charge is 0.0346 e. The quantitative estimate of drug-likeness (QED) is 0.865. The van der Waals surface area contributed by atoms with E-state index in [1.54, 1.807) is 0 Å². The van der Waals surface area contributed by atoms with Crippen LogP contribution < -0.4 is 11.1 Å². The summed E-state index contributed by atoms with van der Waals surface area (Å²) in [5.41, 5.74) is 7.53. The van der Waals surface area contributed by atoms with Gasteiger partial charge in [-0.1, -0.05) is 34.1 Å². The Hall–Kier alpha value is -0.380. The summed E-state index contributed by atoms with van der Waals surface area (Å²) >= 11 is 3.56. The number of hydrogen-bond donors (Lipinski definition) is 2. The van der Waals surface area contributed by atoms with Gasteiger partial charge in [0.1, 0.15) is 0 Å². The molecule has 2 unspecified atom stereocenters. The Morgan fingerprint density at radius 3 is 2.87 bits per heavy atom. The highest BCUT2D eigenvalue weighted by molar-refractivity contribution is 9.10. The van der Waals surface area contributed by atoms with Gasteiger partial charge in [-0.25, -0.2) is 0 Å². The van der Waals surface area contributed by atoms with Crippen LogP contribution in [0.1, 0.15) is 24.4 Å². The van der Waals surface area contributed by atoms with E-state index in [9.17, 15) is 0 Å². The highest BCUT2D eigenvalue weighted by Crippen LogP contribution is 2.29. The van der Waals surface area contributed by atoms with E-state index in [0.29, 0.717) is 5.92 Å². The molecule has 0 radical (unpaired) electrons. The van der Waals surface area contributed by atoms with Crippen LogP contribution in [0.5, 0.6) is 0 Å². The minimum atomic E-state index is 0.147.